The first kappa shape index (κ1) is 19.0. The molecule has 0 aliphatic carbocycles. The first-order valence-corrected chi connectivity index (χ1v) is 8.78. The smallest absolute Gasteiger partial charge is 0.0466 e. The van der Waals surface area contributed by atoms with Gasteiger partial charge in [-0.2, -0.15) is 0 Å². The van der Waals surface area contributed by atoms with Crippen LogP contribution < -0.4 is 0 Å². The molecular formula is C18H37O. The minimum absolute atomic E-state index is 0.832. The van der Waals surface area contributed by atoms with Gasteiger partial charge in [0.25, 0.3) is 0 Å². The van der Waals surface area contributed by atoms with Crippen LogP contribution in [0.1, 0.15) is 96.8 Å². The molecule has 1 nitrogen and oxygen atoms in total. The van der Waals surface area contributed by atoms with Crippen molar-refractivity contribution in [2.24, 2.45) is 0 Å². The zero-order valence-electron chi connectivity index (χ0n) is 13.4. The van der Waals surface area contributed by atoms with Crippen LogP contribution in [-0.2, 0) is 4.74 Å². The Morgan fingerprint density at radius 2 is 1.00 bits per heavy atom. The van der Waals surface area contributed by atoms with Crippen molar-refractivity contribution in [3.8, 4) is 0 Å². The van der Waals surface area contributed by atoms with Gasteiger partial charge in [-0.05, 0) is 12.8 Å². The highest BCUT2D eigenvalue weighted by molar-refractivity contribution is 4.49. The van der Waals surface area contributed by atoms with Crippen molar-refractivity contribution in [1.82, 2.24) is 0 Å². The van der Waals surface area contributed by atoms with Crippen molar-refractivity contribution in [2.45, 2.75) is 96.8 Å². The molecule has 0 atom stereocenters. The van der Waals surface area contributed by atoms with Gasteiger partial charge < -0.3 is 4.74 Å². The van der Waals surface area contributed by atoms with E-state index in [9.17, 15) is 0 Å². The molecule has 0 aliphatic heterocycles. The molecule has 0 aliphatic rings. The average Bonchev–Trinajstić information content (AvgIpc) is 2.43. The van der Waals surface area contributed by atoms with Crippen LogP contribution >= 0.6 is 0 Å². The number of hydrogen-bond donors (Lipinski definition) is 0. The molecule has 19 heavy (non-hydrogen) atoms. The zero-order chi connectivity index (χ0) is 14.0. The van der Waals surface area contributed by atoms with Gasteiger partial charge >= 0.3 is 0 Å². The predicted octanol–water partition coefficient (Wildman–Crippen LogP) is 6.32. The van der Waals surface area contributed by atoms with Gasteiger partial charge in [0.2, 0.25) is 0 Å². The van der Waals surface area contributed by atoms with Gasteiger partial charge in [0.15, 0.2) is 0 Å². The summed E-state index contributed by atoms with van der Waals surface area (Å²) in [6, 6.07) is 0. The highest BCUT2D eigenvalue weighted by Crippen LogP contribution is 2.12. The molecule has 0 aromatic rings. The van der Waals surface area contributed by atoms with E-state index in [-0.39, 0.29) is 0 Å². The Balaban J connectivity index is 2.88. The van der Waals surface area contributed by atoms with E-state index in [4.69, 9.17) is 4.74 Å². The summed E-state index contributed by atoms with van der Waals surface area (Å²) in [7, 11) is 0. The minimum atomic E-state index is 0.832. The Morgan fingerprint density at radius 1 is 0.579 bits per heavy atom. The SMILES string of the molecule is [CH2]CCOCCCCCCCCCCCCCCC. The van der Waals surface area contributed by atoms with E-state index < -0.39 is 0 Å². The summed E-state index contributed by atoms with van der Waals surface area (Å²) in [4.78, 5) is 0. The van der Waals surface area contributed by atoms with Crippen molar-refractivity contribution < 1.29 is 4.74 Å². The van der Waals surface area contributed by atoms with Gasteiger partial charge in [-0.25, -0.2) is 0 Å². The Hall–Kier alpha value is -0.0400. The number of ether oxygens (including phenoxy) is 1. The fourth-order valence-corrected chi connectivity index (χ4v) is 2.43. The van der Waals surface area contributed by atoms with E-state index in [0.29, 0.717) is 0 Å². The summed E-state index contributed by atoms with van der Waals surface area (Å²) < 4.78 is 5.42. The fraction of sp³-hybridized carbons (Fsp3) is 0.944. The number of rotatable bonds is 16. The highest BCUT2D eigenvalue weighted by Gasteiger charge is 1.93. The zero-order valence-corrected chi connectivity index (χ0v) is 13.4. The lowest BCUT2D eigenvalue weighted by atomic mass is 10.0. The van der Waals surface area contributed by atoms with Crippen LogP contribution in [0, 0.1) is 6.92 Å². The molecular weight excluding hydrogens is 232 g/mol. The van der Waals surface area contributed by atoms with Gasteiger partial charge in [-0.15, -0.1) is 0 Å². The second-order valence-electron chi connectivity index (χ2n) is 5.71. The van der Waals surface area contributed by atoms with Crippen LogP contribution in [0.5, 0.6) is 0 Å². The topological polar surface area (TPSA) is 9.23 Å². The largest absolute Gasteiger partial charge is 0.381 e. The third kappa shape index (κ3) is 18.0. The molecule has 1 heteroatoms. The van der Waals surface area contributed by atoms with E-state index in [0.717, 1.165) is 19.6 Å². The lowest BCUT2D eigenvalue weighted by molar-refractivity contribution is 0.134. The van der Waals surface area contributed by atoms with Crippen LogP contribution in [-0.4, -0.2) is 13.2 Å². The molecule has 1 radical (unpaired) electrons. The van der Waals surface area contributed by atoms with E-state index in [2.05, 4.69) is 13.8 Å². The molecule has 0 heterocycles. The van der Waals surface area contributed by atoms with E-state index in [1.165, 1.54) is 83.5 Å². The molecule has 0 bridgehead atoms. The third-order valence-corrected chi connectivity index (χ3v) is 3.68. The van der Waals surface area contributed by atoms with Crippen LogP contribution in [0.4, 0.5) is 0 Å². The van der Waals surface area contributed by atoms with Gasteiger partial charge in [0.1, 0.15) is 0 Å². The first-order chi connectivity index (χ1) is 9.41. The average molecular weight is 269 g/mol. The quantitative estimate of drug-likeness (QED) is 0.298. The fourth-order valence-electron chi connectivity index (χ4n) is 2.43. The molecule has 0 unspecified atom stereocenters. The third-order valence-electron chi connectivity index (χ3n) is 3.68. The van der Waals surface area contributed by atoms with Crippen LogP contribution in [0.2, 0.25) is 0 Å². The molecule has 0 N–H and O–H groups in total. The van der Waals surface area contributed by atoms with E-state index >= 15 is 0 Å². The highest BCUT2D eigenvalue weighted by atomic mass is 16.5. The summed E-state index contributed by atoms with van der Waals surface area (Å²) in [5.41, 5.74) is 0. The summed E-state index contributed by atoms with van der Waals surface area (Å²) in [5.74, 6) is 0. The summed E-state index contributed by atoms with van der Waals surface area (Å²) >= 11 is 0. The van der Waals surface area contributed by atoms with Gasteiger partial charge in [-0.3, -0.25) is 0 Å². The van der Waals surface area contributed by atoms with Gasteiger partial charge in [0.05, 0.1) is 0 Å². The monoisotopic (exact) mass is 269 g/mol. The normalized spacial score (nSPS) is 11.1. The summed E-state index contributed by atoms with van der Waals surface area (Å²) in [5, 5.41) is 0. The second-order valence-corrected chi connectivity index (χ2v) is 5.71. The first-order valence-electron chi connectivity index (χ1n) is 8.78. The molecule has 0 aromatic carbocycles. The predicted molar refractivity (Wildman–Crippen MR) is 86.5 cm³/mol. The molecule has 0 saturated heterocycles. The minimum Gasteiger partial charge on any atom is -0.381 e. The Labute approximate surface area is 122 Å². The van der Waals surface area contributed by atoms with E-state index in [1.807, 2.05) is 0 Å². The maximum Gasteiger partial charge on any atom is 0.0466 e. The van der Waals surface area contributed by atoms with Crippen molar-refractivity contribution in [3.63, 3.8) is 0 Å². The standard InChI is InChI=1S/C18H37O/c1-3-5-6-7-8-9-10-11-12-13-14-15-16-18-19-17-4-2/h2-18H2,1H3. The molecule has 0 rings (SSSR count). The Kier molecular flexibility index (Phi) is 17.9. The van der Waals surface area contributed by atoms with Crippen LogP contribution in [0.25, 0.3) is 0 Å². The van der Waals surface area contributed by atoms with Crippen molar-refractivity contribution in [3.05, 3.63) is 6.92 Å². The molecule has 115 valence electrons. The lowest BCUT2D eigenvalue weighted by Gasteiger charge is -2.03. The Morgan fingerprint density at radius 3 is 1.42 bits per heavy atom. The second kappa shape index (κ2) is 18.0. The molecule has 0 saturated carbocycles. The van der Waals surface area contributed by atoms with Gasteiger partial charge in [0, 0.05) is 13.2 Å². The molecule has 0 amide bonds. The molecule has 0 aromatic heterocycles. The van der Waals surface area contributed by atoms with Crippen LogP contribution in [0.3, 0.4) is 0 Å². The van der Waals surface area contributed by atoms with Crippen molar-refractivity contribution in [2.75, 3.05) is 13.2 Å². The summed E-state index contributed by atoms with van der Waals surface area (Å²) in [6.45, 7) is 7.82. The Bertz CT molecular complexity index is 129. The van der Waals surface area contributed by atoms with Crippen molar-refractivity contribution >= 4 is 0 Å². The molecule has 0 spiro atoms. The van der Waals surface area contributed by atoms with Crippen LogP contribution in [0.15, 0.2) is 0 Å². The van der Waals surface area contributed by atoms with Crippen molar-refractivity contribution in [1.29, 1.82) is 0 Å². The van der Waals surface area contributed by atoms with E-state index in [1.54, 1.807) is 0 Å². The maximum absolute atomic E-state index is 5.42. The maximum atomic E-state index is 5.42. The summed E-state index contributed by atoms with van der Waals surface area (Å²) in [6.07, 6.45) is 19.3. The van der Waals surface area contributed by atoms with Gasteiger partial charge in [-0.1, -0.05) is 90.9 Å². The number of unbranched alkanes of at least 4 members (excludes halogenated alkanes) is 12. The number of hydrogen-bond acceptors (Lipinski definition) is 1. The molecule has 0 fully saturated rings. The lowest BCUT2D eigenvalue weighted by Crippen LogP contribution is -1.95.